The monoisotopic (exact) mass is 272 g/mol. The second kappa shape index (κ2) is 4.92. The molecule has 20 heavy (non-hydrogen) atoms. The van der Waals surface area contributed by atoms with Gasteiger partial charge in [0.1, 0.15) is 11.6 Å². The number of hydrogen-bond acceptors (Lipinski definition) is 5. The average Bonchev–Trinajstić information content (AvgIpc) is 2.82. The van der Waals surface area contributed by atoms with Gasteiger partial charge in [0.15, 0.2) is 0 Å². The Morgan fingerprint density at radius 2 is 2.20 bits per heavy atom. The van der Waals surface area contributed by atoms with Gasteiger partial charge in [-0.1, -0.05) is 0 Å². The molecule has 3 rings (SSSR count). The van der Waals surface area contributed by atoms with E-state index in [-0.39, 0.29) is 11.9 Å². The zero-order valence-corrected chi connectivity index (χ0v) is 11.3. The average molecular weight is 272 g/mol. The molecule has 3 N–H and O–H groups in total. The van der Waals surface area contributed by atoms with Crippen molar-refractivity contribution in [3.8, 4) is 0 Å². The number of amides is 1. The van der Waals surface area contributed by atoms with Crippen LogP contribution in [0.2, 0.25) is 0 Å². The zero-order chi connectivity index (χ0) is 14.1. The minimum Gasteiger partial charge on any atom is -0.368 e. The van der Waals surface area contributed by atoms with E-state index in [1.165, 1.54) is 6.20 Å². The predicted molar refractivity (Wildman–Crippen MR) is 74.3 cm³/mol. The first-order valence-electron chi connectivity index (χ1n) is 6.60. The van der Waals surface area contributed by atoms with E-state index in [2.05, 4.69) is 24.8 Å². The number of imidazole rings is 1. The van der Waals surface area contributed by atoms with Crippen LogP contribution in [0.15, 0.2) is 12.4 Å². The van der Waals surface area contributed by atoms with E-state index in [4.69, 9.17) is 5.73 Å². The van der Waals surface area contributed by atoms with Gasteiger partial charge in [-0.3, -0.25) is 4.79 Å². The Balaban J connectivity index is 1.84. The largest absolute Gasteiger partial charge is 0.368 e. The maximum Gasteiger partial charge on any atom is 0.260 e. The highest BCUT2D eigenvalue weighted by molar-refractivity contribution is 6.04. The van der Waals surface area contributed by atoms with Gasteiger partial charge in [0.25, 0.3) is 5.91 Å². The number of carbonyl (C=O) groups is 1. The summed E-state index contributed by atoms with van der Waals surface area (Å²) in [6, 6.07) is 0. The number of fused-ring (bicyclic) bond motifs is 1. The van der Waals surface area contributed by atoms with Crippen molar-refractivity contribution in [1.82, 2.24) is 19.5 Å². The molecule has 0 spiro atoms. The summed E-state index contributed by atoms with van der Waals surface area (Å²) in [7, 11) is 0. The quantitative estimate of drug-likeness (QED) is 0.854. The summed E-state index contributed by atoms with van der Waals surface area (Å²) >= 11 is 0. The second-order valence-electron chi connectivity index (χ2n) is 4.85. The van der Waals surface area contributed by atoms with Crippen LogP contribution >= 0.6 is 0 Å². The highest BCUT2D eigenvalue weighted by atomic mass is 16.1. The number of nitrogens with zero attached hydrogens (tertiary/aromatic N) is 4. The number of aromatic nitrogens is 4. The van der Waals surface area contributed by atoms with Gasteiger partial charge in [-0.25, -0.2) is 15.0 Å². The fourth-order valence-corrected chi connectivity index (χ4v) is 2.41. The molecule has 1 aliphatic rings. The fraction of sp³-hybridized carbons (Fsp3) is 0.385. The Morgan fingerprint density at radius 1 is 1.35 bits per heavy atom. The van der Waals surface area contributed by atoms with Crippen LogP contribution in [0.4, 0.5) is 11.8 Å². The van der Waals surface area contributed by atoms with E-state index in [1.54, 1.807) is 13.1 Å². The van der Waals surface area contributed by atoms with Crippen LogP contribution in [0.25, 0.3) is 0 Å². The Kier molecular flexibility index (Phi) is 3.09. The van der Waals surface area contributed by atoms with Gasteiger partial charge in [-0.15, -0.1) is 0 Å². The number of rotatable bonds is 2. The number of aryl methyl sites for hydroxylation is 2. The summed E-state index contributed by atoms with van der Waals surface area (Å²) in [5.74, 6) is 1.68. The maximum atomic E-state index is 12.3. The molecule has 1 aliphatic heterocycles. The van der Waals surface area contributed by atoms with Crippen molar-refractivity contribution >= 4 is 17.7 Å². The molecule has 0 aromatic carbocycles. The first-order valence-corrected chi connectivity index (χ1v) is 6.60. The summed E-state index contributed by atoms with van der Waals surface area (Å²) in [4.78, 5) is 24.4. The molecule has 1 amide bonds. The molecule has 104 valence electrons. The van der Waals surface area contributed by atoms with Crippen LogP contribution in [0.5, 0.6) is 0 Å². The van der Waals surface area contributed by atoms with Gasteiger partial charge < -0.3 is 15.6 Å². The normalized spacial score (nSPS) is 13.8. The number of anilines is 2. The van der Waals surface area contributed by atoms with Crippen molar-refractivity contribution in [3.05, 3.63) is 29.5 Å². The molecule has 0 bridgehead atoms. The van der Waals surface area contributed by atoms with Gasteiger partial charge in [-0.2, -0.15) is 0 Å². The van der Waals surface area contributed by atoms with Crippen molar-refractivity contribution in [3.63, 3.8) is 0 Å². The van der Waals surface area contributed by atoms with Gasteiger partial charge in [0.2, 0.25) is 5.95 Å². The molecule has 7 heteroatoms. The van der Waals surface area contributed by atoms with Crippen molar-refractivity contribution in [2.24, 2.45) is 0 Å². The van der Waals surface area contributed by atoms with Gasteiger partial charge in [-0.05, 0) is 19.8 Å². The third kappa shape index (κ3) is 2.22. The molecular weight excluding hydrogens is 256 g/mol. The number of carbonyl (C=O) groups excluding carboxylic acids is 1. The Labute approximate surface area is 116 Å². The van der Waals surface area contributed by atoms with Gasteiger partial charge >= 0.3 is 0 Å². The smallest absolute Gasteiger partial charge is 0.260 e. The fourth-order valence-electron chi connectivity index (χ4n) is 2.41. The molecule has 0 radical (unpaired) electrons. The van der Waals surface area contributed by atoms with Gasteiger partial charge in [0.05, 0.1) is 17.5 Å². The molecule has 2 aromatic heterocycles. The summed E-state index contributed by atoms with van der Waals surface area (Å²) in [6.07, 6.45) is 6.36. The summed E-state index contributed by atoms with van der Waals surface area (Å²) in [5, 5.41) is 2.87. The van der Waals surface area contributed by atoms with E-state index in [0.717, 1.165) is 37.4 Å². The molecular formula is C13H16N6O. The minimum absolute atomic E-state index is 0.167. The Morgan fingerprint density at radius 3 is 3.00 bits per heavy atom. The minimum atomic E-state index is -0.240. The summed E-state index contributed by atoms with van der Waals surface area (Å²) in [6.45, 7) is 2.63. The second-order valence-corrected chi connectivity index (χ2v) is 4.85. The Bertz CT molecular complexity index is 663. The first kappa shape index (κ1) is 12.6. The molecule has 3 heterocycles. The maximum absolute atomic E-state index is 12.3. The number of hydrogen-bond donors (Lipinski definition) is 2. The molecule has 0 fully saturated rings. The third-order valence-corrected chi connectivity index (χ3v) is 3.45. The van der Waals surface area contributed by atoms with Gasteiger partial charge in [0, 0.05) is 19.2 Å². The first-order chi connectivity index (χ1) is 9.65. The molecule has 0 saturated carbocycles. The van der Waals surface area contributed by atoms with Crippen LogP contribution in [0, 0.1) is 6.92 Å². The topological polar surface area (TPSA) is 98.7 Å². The van der Waals surface area contributed by atoms with E-state index in [0.29, 0.717) is 11.3 Å². The van der Waals surface area contributed by atoms with Crippen LogP contribution < -0.4 is 11.1 Å². The lowest BCUT2D eigenvalue weighted by Gasteiger charge is -2.16. The predicted octanol–water partition coefficient (Wildman–Crippen LogP) is 1.15. The lowest BCUT2D eigenvalue weighted by molar-refractivity contribution is 0.102. The summed E-state index contributed by atoms with van der Waals surface area (Å²) < 4.78 is 2.05. The lowest BCUT2D eigenvalue weighted by Crippen LogP contribution is -2.19. The van der Waals surface area contributed by atoms with Crippen LogP contribution in [0.1, 0.15) is 34.7 Å². The highest BCUT2D eigenvalue weighted by Crippen LogP contribution is 2.20. The van der Waals surface area contributed by atoms with Crippen LogP contribution in [-0.4, -0.2) is 25.4 Å². The van der Waals surface area contributed by atoms with Crippen LogP contribution in [-0.2, 0) is 13.0 Å². The van der Waals surface area contributed by atoms with Crippen LogP contribution in [0.3, 0.4) is 0 Å². The van der Waals surface area contributed by atoms with Crippen molar-refractivity contribution in [2.45, 2.75) is 32.7 Å². The van der Waals surface area contributed by atoms with E-state index < -0.39 is 0 Å². The van der Waals surface area contributed by atoms with Crippen molar-refractivity contribution < 1.29 is 4.79 Å². The Hall–Kier alpha value is -2.44. The molecule has 2 aromatic rings. The van der Waals surface area contributed by atoms with E-state index in [9.17, 15) is 4.79 Å². The van der Waals surface area contributed by atoms with Crippen molar-refractivity contribution in [2.75, 3.05) is 11.1 Å². The van der Waals surface area contributed by atoms with Crippen molar-refractivity contribution in [1.29, 1.82) is 0 Å². The summed E-state index contributed by atoms with van der Waals surface area (Å²) in [5.41, 5.74) is 6.47. The van der Waals surface area contributed by atoms with E-state index in [1.807, 2.05) is 0 Å². The standard InChI is InChI=1S/C13H16N6O/c1-8-9(6-16-13(14)17-8)12(20)18-11-7-15-10-4-2-3-5-19(10)11/h6-7H,2-5H2,1H3,(H,18,20)(H2,14,16,17). The molecule has 0 aliphatic carbocycles. The van der Waals surface area contributed by atoms with E-state index >= 15 is 0 Å². The highest BCUT2D eigenvalue weighted by Gasteiger charge is 2.17. The molecule has 0 unspecified atom stereocenters. The molecule has 7 nitrogen and oxygen atoms in total. The molecule has 0 atom stereocenters. The number of nitrogen functional groups attached to an aromatic ring is 1. The SMILES string of the molecule is Cc1nc(N)ncc1C(=O)Nc1cnc2n1CCCC2. The lowest BCUT2D eigenvalue weighted by atomic mass is 10.2. The number of nitrogens with two attached hydrogens (primary N) is 1. The number of nitrogens with one attached hydrogen (secondary N) is 1. The zero-order valence-electron chi connectivity index (χ0n) is 11.3. The molecule has 0 saturated heterocycles. The third-order valence-electron chi connectivity index (χ3n) is 3.45.